The van der Waals surface area contributed by atoms with E-state index < -0.39 is 6.61 Å². The Labute approximate surface area is 184 Å². The largest absolute Gasteiger partial charge is 0.493 e. The first-order valence-electron chi connectivity index (χ1n) is 10.3. The van der Waals surface area contributed by atoms with Crippen molar-refractivity contribution in [2.45, 2.75) is 39.1 Å². The summed E-state index contributed by atoms with van der Waals surface area (Å²) in [5, 5.41) is 2.85. The molecule has 0 radical (unpaired) electrons. The van der Waals surface area contributed by atoms with Gasteiger partial charge in [-0.1, -0.05) is 24.3 Å². The van der Waals surface area contributed by atoms with E-state index in [0.29, 0.717) is 29.5 Å². The zero-order valence-electron chi connectivity index (χ0n) is 17.8. The summed E-state index contributed by atoms with van der Waals surface area (Å²) in [6.45, 7) is -0.115. The quantitative estimate of drug-likeness (QED) is 0.545. The summed E-state index contributed by atoms with van der Waals surface area (Å²) in [6.07, 6.45) is 2.46. The predicted octanol–water partition coefficient (Wildman–Crippen LogP) is 4.77. The number of fused-ring (bicyclic) bond motifs is 1. The van der Waals surface area contributed by atoms with Crippen LogP contribution in [-0.2, 0) is 19.5 Å². The molecular weight excluding hydrogens is 418 g/mol. The molecule has 0 saturated carbocycles. The van der Waals surface area contributed by atoms with Crippen molar-refractivity contribution in [2.24, 2.45) is 0 Å². The Balaban J connectivity index is 1.43. The minimum atomic E-state index is -2.95. The fraction of sp³-hybridized carbons (Fsp3) is 0.292. The summed E-state index contributed by atoms with van der Waals surface area (Å²) in [4.78, 5) is 15.1. The van der Waals surface area contributed by atoms with Crippen molar-refractivity contribution in [2.75, 3.05) is 12.0 Å². The maximum Gasteiger partial charge on any atom is 0.387 e. The Morgan fingerprint density at radius 2 is 2.03 bits per heavy atom. The first kappa shape index (κ1) is 21.7. The van der Waals surface area contributed by atoms with Crippen molar-refractivity contribution >= 4 is 11.6 Å². The third-order valence-corrected chi connectivity index (χ3v) is 5.55. The van der Waals surface area contributed by atoms with Crippen molar-refractivity contribution in [1.29, 1.82) is 0 Å². The summed E-state index contributed by atoms with van der Waals surface area (Å²) >= 11 is 0. The van der Waals surface area contributed by atoms with Crippen LogP contribution < -0.4 is 19.7 Å². The van der Waals surface area contributed by atoms with Crippen molar-refractivity contribution in [3.63, 3.8) is 0 Å². The minimum absolute atomic E-state index is 0.0605. The number of nitrogens with one attached hydrogen (secondary N) is 1. The van der Waals surface area contributed by atoms with Crippen LogP contribution >= 0.6 is 0 Å². The van der Waals surface area contributed by atoms with Crippen LogP contribution in [0.15, 0.2) is 59.2 Å². The van der Waals surface area contributed by atoms with Crippen molar-refractivity contribution in [3.8, 4) is 11.5 Å². The number of methoxy groups -OCH3 is 1. The number of hydrogen-bond acceptors (Lipinski definition) is 5. The standard InChI is InChI=1S/C24H24F2N2O4/c1-15-11-17-5-3-4-6-19(17)28(15)14-22-18(9-10-31-22)23(29)27-13-16-7-8-20(32-24(25)26)21(12-16)30-2/h3-10,12,15,24H,11,13-14H2,1-2H3,(H,27,29). The number of alkyl halides is 2. The first-order valence-corrected chi connectivity index (χ1v) is 10.3. The average molecular weight is 442 g/mol. The summed E-state index contributed by atoms with van der Waals surface area (Å²) in [7, 11) is 1.37. The number of para-hydroxylation sites is 1. The van der Waals surface area contributed by atoms with Crippen LogP contribution in [0, 0.1) is 0 Å². The van der Waals surface area contributed by atoms with Crippen LogP contribution in [0.1, 0.15) is 34.2 Å². The average Bonchev–Trinajstić information content (AvgIpc) is 3.37. The summed E-state index contributed by atoms with van der Waals surface area (Å²) in [5.41, 5.74) is 3.59. The number of anilines is 1. The van der Waals surface area contributed by atoms with Gasteiger partial charge < -0.3 is 24.1 Å². The van der Waals surface area contributed by atoms with E-state index in [1.54, 1.807) is 18.2 Å². The number of benzene rings is 2. The number of carbonyl (C=O) groups excluding carboxylic acids is 1. The number of amides is 1. The van der Waals surface area contributed by atoms with E-state index in [1.165, 1.54) is 25.0 Å². The highest BCUT2D eigenvalue weighted by atomic mass is 19.3. The normalized spacial score (nSPS) is 15.0. The molecule has 0 saturated heterocycles. The van der Waals surface area contributed by atoms with Gasteiger partial charge in [0.2, 0.25) is 0 Å². The molecule has 1 aromatic heterocycles. The van der Waals surface area contributed by atoms with Gasteiger partial charge in [-0.05, 0) is 48.7 Å². The minimum Gasteiger partial charge on any atom is -0.493 e. The highest BCUT2D eigenvalue weighted by Crippen LogP contribution is 2.34. The van der Waals surface area contributed by atoms with Gasteiger partial charge in [-0.15, -0.1) is 0 Å². The lowest BCUT2D eigenvalue weighted by Gasteiger charge is -2.24. The Hall–Kier alpha value is -3.55. The molecule has 1 N–H and O–H groups in total. The number of nitrogens with zero attached hydrogens (tertiary/aromatic N) is 1. The zero-order valence-corrected chi connectivity index (χ0v) is 17.8. The maximum absolute atomic E-state index is 12.8. The van der Waals surface area contributed by atoms with Crippen molar-refractivity contribution < 1.29 is 27.5 Å². The molecule has 3 aromatic rings. The van der Waals surface area contributed by atoms with Crippen LogP contribution in [0.4, 0.5) is 14.5 Å². The molecule has 4 rings (SSSR count). The highest BCUT2D eigenvalue weighted by molar-refractivity contribution is 5.95. The van der Waals surface area contributed by atoms with Crippen molar-refractivity contribution in [1.82, 2.24) is 5.32 Å². The van der Waals surface area contributed by atoms with Crippen LogP contribution in [0.25, 0.3) is 0 Å². The molecule has 8 heteroatoms. The van der Waals surface area contributed by atoms with Crippen LogP contribution in [0.5, 0.6) is 11.5 Å². The second-order valence-corrected chi connectivity index (χ2v) is 7.61. The van der Waals surface area contributed by atoms with Gasteiger partial charge in [-0.3, -0.25) is 4.79 Å². The Morgan fingerprint density at radius 3 is 2.81 bits per heavy atom. The molecular formula is C24H24F2N2O4. The molecule has 0 fully saturated rings. The molecule has 1 amide bonds. The third kappa shape index (κ3) is 4.54. The van der Waals surface area contributed by atoms with Gasteiger partial charge in [-0.2, -0.15) is 8.78 Å². The van der Waals surface area contributed by atoms with E-state index in [0.717, 1.165) is 12.1 Å². The van der Waals surface area contributed by atoms with Crippen LogP contribution in [0.2, 0.25) is 0 Å². The van der Waals surface area contributed by atoms with Crippen LogP contribution in [-0.4, -0.2) is 25.7 Å². The Morgan fingerprint density at radius 1 is 1.22 bits per heavy atom. The molecule has 0 aliphatic carbocycles. The van der Waals surface area contributed by atoms with Gasteiger partial charge in [0.15, 0.2) is 11.5 Å². The molecule has 1 atom stereocenters. The third-order valence-electron chi connectivity index (χ3n) is 5.55. The topological polar surface area (TPSA) is 63.9 Å². The first-order chi connectivity index (χ1) is 15.5. The van der Waals surface area contributed by atoms with Crippen LogP contribution in [0.3, 0.4) is 0 Å². The van der Waals surface area contributed by atoms with Gasteiger partial charge in [0, 0.05) is 18.3 Å². The summed E-state index contributed by atoms with van der Waals surface area (Å²) in [5.74, 6) is 0.419. The number of hydrogen-bond donors (Lipinski definition) is 1. The van der Waals surface area contributed by atoms with E-state index in [4.69, 9.17) is 9.15 Å². The molecule has 0 spiro atoms. The second kappa shape index (κ2) is 9.30. The van der Waals surface area contributed by atoms with E-state index in [9.17, 15) is 13.6 Å². The van der Waals surface area contributed by atoms with E-state index in [1.807, 2.05) is 12.1 Å². The van der Waals surface area contributed by atoms with E-state index >= 15 is 0 Å². The molecule has 1 unspecified atom stereocenters. The Bertz CT molecular complexity index is 1100. The SMILES string of the molecule is COc1cc(CNC(=O)c2ccoc2CN2c3ccccc3CC2C)ccc1OC(F)F. The molecule has 6 nitrogen and oxygen atoms in total. The van der Waals surface area contributed by atoms with Gasteiger partial charge in [-0.25, -0.2) is 0 Å². The zero-order chi connectivity index (χ0) is 22.7. The lowest BCUT2D eigenvalue weighted by atomic mass is 10.1. The number of rotatable bonds is 8. The van der Waals surface area contributed by atoms with E-state index in [-0.39, 0.29) is 24.0 Å². The second-order valence-electron chi connectivity index (χ2n) is 7.61. The molecule has 168 valence electrons. The van der Waals surface area contributed by atoms with E-state index in [2.05, 4.69) is 34.0 Å². The maximum atomic E-state index is 12.8. The van der Waals surface area contributed by atoms with Gasteiger partial charge in [0.05, 0.1) is 25.5 Å². The predicted molar refractivity (Wildman–Crippen MR) is 115 cm³/mol. The molecule has 2 aromatic carbocycles. The lowest BCUT2D eigenvalue weighted by molar-refractivity contribution is -0.0512. The Kier molecular flexibility index (Phi) is 6.30. The smallest absolute Gasteiger partial charge is 0.387 e. The highest BCUT2D eigenvalue weighted by Gasteiger charge is 2.28. The number of halogens is 2. The summed E-state index contributed by atoms with van der Waals surface area (Å²) in [6, 6.07) is 14.7. The monoisotopic (exact) mass is 442 g/mol. The number of furan rings is 1. The lowest BCUT2D eigenvalue weighted by Crippen LogP contribution is -2.30. The van der Waals surface area contributed by atoms with Gasteiger partial charge >= 0.3 is 6.61 Å². The van der Waals surface area contributed by atoms with Gasteiger partial charge in [0.25, 0.3) is 5.91 Å². The van der Waals surface area contributed by atoms with Crippen molar-refractivity contribution in [3.05, 3.63) is 77.2 Å². The molecule has 1 aliphatic rings. The molecule has 32 heavy (non-hydrogen) atoms. The van der Waals surface area contributed by atoms with Gasteiger partial charge in [0.1, 0.15) is 5.76 Å². The molecule has 0 bridgehead atoms. The fourth-order valence-corrected chi connectivity index (χ4v) is 3.98. The molecule has 1 aliphatic heterocycles. The molecule has 2 heterocycles. The number of carbonyl (C=O) groups is 1. The summed E-state index contributed by atoms with van der Waals surface area (Å²) < 4.78 is 40.2. The number of ether oxygens (including phenoxy) is 2. The fourth-order valence-electron chi connectivity index (χ4n) is 3.98.